The van der Waals surface area contributed by atoms with Crippen molar-refractivity contribution in [1.29, 1.82) is 0 Å². The largest absolute Gasteiger partial charge is 0.511 e. The van der Waals surface area contributed by atoms with Crippen LogP contribution >= 0.6 is 0 Å². The van der Waals surface area contributed by atoms with Crippen LogP contribution < -0.4 is 0 Å². The molecule has 1 fully saturated rings. The molecule has 0 saturated heterocycles. The molecule has 1 amide bonds. The highest BCUT2D eigenvalue weighted by atomic mass is 19.1. The Morgan fingerprint density at radius 1 is 1.23 bits per heavy atom. The number of halogens is 1. The Labute approximate surface area is 128 Å². The van der Waals surface area contributed by atoms with E-state index in [1.165, 1.54) is 12.1 Å². The molecule has 4 atom stereocenters. The van der Waals surface area contributed by atoms with Crippen LogP contribution in [0.2, 0.25) is 0 Å². The minimum Gasteiger partial charge on any atom is -0.511 e. The maximum atomic E-state index is 13.1. The van der Waals surface area contributed by atoms with Crippen molar-refractivity contribution in [1.82, 2.24) is 4.90 Å². The summed E-state index contributed by atoms with van der Waals surface area (Å²) in [7, 11) is 0. The topological polar surface area (TPSA) is 40.5 Å². The Bertz CT molecular complexity index is 692. The first-order valence-electron chi connectivity index (χ1n) is 7.69. The summed E-state index contributed by atoms with van der Waals surface area (Å²) < 4.78 is 13.1. The van der Waals surface area contributed by atoms with Gasteiger partial charge < -0.3 is 10.0 Å². The third kappa shape index (κ3) is 1.83. The molecule has 1 saturated carbocycles. The molecule has 22 heavy (non-hydrogen) atoms. The predicted octanol–water partition coefficient (Wildman–Crippen LogP) is 3.19. The van der Waals surface area contributed by atoms with Crippen molar-refractivity contribution < 1.29 is 14.3 Å². The van der Waals surface area contributed by atoms with E-state index in [9.17, 15) is 14.3 Å². The van der Waals surface area contributed by atoms with Gasteiger partial charge in [0.2, 0.25) is 0 Å². The van der Waals surface area contributed by atoms with E-state index in [4.69, 9.17) is 0 Å². The highest BCUT2D eigenvalue weighted by Gasteiger charge is 2.53. The second-order valence-corrected chi connectivity index (χ2v) is 6.53. The number of hydrogen-bond donors (Lipinski definition) is 1. The van der Waals surface area contributed by atoms with E-state index in [-0.39, 0.29) is 29.4 Å². The van der Waals surface area contributed by atoms with E-state index in [1.807, 2.05) is 4.90 Å². The van der Waals surface area contributed by atoms with Gasteiger partial charge in [0.05, 0.1) is 5.57 Å². The normalized spacial score (nSPS) is 32.8. The van der Waals surface area contributed by atoms with E-state index in [1.54, 1.807) is 19.1 Å². The molecular formula is C18H18FNO2. The molecule has 1 heterocycles. The van der Waals surface area contributed by atoms with Gasteiger partial charge >= 0.3 is 0 Å². The summed E-state index contributed by atoms with van der Waals surface area (Å²) in [5.41, 5.74) is 1.36. The standard InChI is InChI=1S/C18H18FNO2/c1-10-17(21)15-12-4-5-13(8-12)16(15)20(18(10)22)9-11-2-6-14(19)7-3-11/h2-7,12-13,15-16,21H,8-9H2,1H3. The van der Waals surface area contributed by atoms with Gasteiger partial charge in [-0.05, 0) is 42.9 Å². The summed E-state index contributed by atoms with van der Waals surface area (Å²) in [6.07, 6.45) is 5.34. The van der Waals surface area contributed by atoms with E-state index in [0.29, 0.717) is 24.0 Å². The predicted molar refractivity (Wildman–Crippen MR) is 80.3 cm³/mol. The molecule has 4 heteroatoms. The number of allylic oxidation sites excluding steroid dienone is 1. The number of nitrogens with zero attached hydrogens (tertiary/aromatic N) is 1. The molecule has 2 bridgehead atoms. The van der Waals surface area contributed by atoms with Crippen LogP contribution in [0.1, 0.15) is 18.9 Å². The molecule has 1 aromatic carbocycles. The summed E-state index contributed by atoms with van der Waals surface area (Å²) >= 11 is 0. The third-order valence-electron chi connectivity index (χ3n) is 5.33. The number of hydrogen-bond acceptors (Lipinski definition) is 2. The van der Waals surface area contributed by atoms with E-state index < -0.39 is 0 Å². The van der Waals surface area contributed by atoms with E-state index in [0.717, 1.165) is 12.0 Å². The Hall–Kier alpha value is -2.10. The molecule has 1 N–H and O–H groups in total. The molecule has 114 valence electrons. The van der Waals surface area contributed by atoms with E-state index >= 15 is 0 Å². The van der Waals surface area contributed by atoms with Crippen molar-refractivity contribution in [3.63, 3.8) is 0 Å². The Kier molecular flexibility index (Phi) is 2.90. The molecule has 3 nitrogen and oxygen atoms in total. The van der Waals surface area contributed by atoms with Crippen LogP contribution in [0, 0.1) is 23.6 Å². The zero-order valence-corrected chi connectivity index (χ0v) is 12.4. The Morgan fingerprint density at radius 3 is 2.64 bits per heavy atom. The average molecular weight is 299 g/mol. The van der Waals surface area contributed by atoms with Gasteiger partial charge in [0, 0.05) is 18.5 Å². The lowest BCUT2D eigenvalue weighted by atomic mass is 9.81. The number of rotatable bonds is 2. The summed E-state index contributed by atoms with van der Waals surface area (Å²) in [5.74, 6) is 0.547. The molecule has 3 aliphatic rings. The van der Waals surface area contributed by atoms with Gasteiger partial charge in [-0.25, -0.2) is 4.39 Å². The van der Waals surface area contributed by atoms with Crippen molar-refractivity contribution in [3.8, 4) is 0 Å². The van der Waals surface area contributed by atoms with Gasteiger partial charge in [-0.2, -0.15) is 0 Å². The monoisotopic (exact) mass is 299 g/mol. The maximum Gasteiger partial charge on any atom is 0.253 e. The molecule has 1 aliphatic heterocycles. The fraction of sp³-hybridized carbons (Fsp3) is 0.389. The van der Waals surface area contributed by atoms with Crippen molar-refractivity contribution >= 4 is 5.91 Å². The fourth-order valence-corrected chi connectivity index (χ4v) is 4.26. The zero-order valence-electron chi connectivity index (χ0n) is 12.4. The lowest BCUT2D eigenvalue weighted by molar-refractivity contribution is -0.133. The number of carbonyl (C=O) groups excluding carboxylic acids is 1. The number of fused-ring (bicyclic) bond motifs is 5. The molecule has 0 spiro atoms. The number of aliphatic hydroxyl groups excluding tert-OH is 1. The number of amides is 1. The minimum absolute atomic E-state index is 0.0214. The van der Waals surface area contributed by atoms with Crippen molar-refractivity contribution in [2.24, 2.45) is 17.8 Å². The second-order valence-electron chi connectivity index (χ2n) is 6.53. The first-order valence-corrected chi connectivity index (χ1v) is 7.69. The van der Waals surface area contributed by atoms with Crippen LogP contribution in [0.25, 0.3) is 0 Å². The SMILES string of the molecule is CC1=C(O)C2C3C=CC(C3)C2N(Cc2ccc(F)cc2)C1=O. The minimum atomic E-state index is -0.275. The van der Waals surface area contributed by atoms with Gasteiger partial charge in [-0.3, -0.25) is 4.79 Å². The first kappa shape index (κ1) is 13.6. The lowest BCUT2D eigenvalue weighted by Crippen LogP contribution is -2.50. The summed E-state index contributed by atoms with van der Waals surface area (Å²) in [6.45, 7) is 2.16. The Balaban J connectivity index is 1.70. The highest BCUT2D eigenvalue weighted by Crippen LogP contribution is 2.51. The first-order chi connectivity index (χ1) is 10.6. The third-order valence-corrected chi connectivity index (χ3v) is 5.33. The second kappa shape index (κ2) is 4.70. The zero-order chi connectivity index (χ0) is 15.4. The van der Waals surface area contributed by atoms with Crippen molar-refractivity contribution in [3.05, 3.63) is 59.1 Å². The smallest absolute Gasteiger partial charge is 0.253 e. The molecule has 1 aromatic rings. The molecule has 4 unspecified atom stereocenters. The highest BCUT2D eigenvalue weighted by molar-refractivity contribution is 5.95. The quantitative estimate of drug-likeness (QED) is 0.852. The van der Waals surface area contributed by atoms with Crippen molar-refractivity contribution in [2.45, 2.75) is 25.9 Å². The molecule has 0 radical (unpaired) electrons. The molecule has 2 aliphatic carbocycles. The molecular weight excluding hydrogens is 281 g/mol. The summed E-state index contributed by atoms with van der Waals surface area (Å²) in [5, 5.41) is 10.4. The van der Waals surface area contributed by atoms with Gasteiger partial charge in [-0.15, -0.1) is 0 Å². The van der Waals surface area contributed by atoms with Gasteiger partial charge in [0.15, 0.2) is 0 Å². The van der Waals surface area contributed by atoms with Crippen LogP contribution in [0.5, 0.6) is 0 Å². The van der Waals surface area contributed by atoms with Crippen LogP contribution in [0.3, 0.4) is 0 Å². The van der Waals surface area contributed by atoms with Crippen LogP contribution in [0.15, 0.2) is 47.7 Å². The van der Waals surface area contributed by atoms with E-state index in [2.05, 4.69) is 12.2 Å². The van der Waals surface area contributed by atoms with Gasteiger partial charge in [0.1, 0.15) is 11.6 Å². The van der Waals surface area contributed by atoms with Gasteiger partial charge in [-0.1, -0.05) is 24.3 Å². The molecule has 0 aromatic heterocycles. The average Bonchev–Trinajstić information content (AvgIpc) is 3.12. The number of benzene rings is 1. The molecule has 4 rings (SSSR count). The fourth-order valence-electron chi connectivity index (χ4n) is 4.26. The van der Waals surface area contributed by atoms with Crippen molar-refractivity contribution in [2.75, 3.05) is 0 Å². The van der Waals surface area contributed by atoms with Crippen LogP contribution in [0.4, 0.5) is 4.39 Å². The number of aliphatic hydroxyl groups is 1. The van der Waals surface area contributed by atoms with Crippen LogP contribution in [-0.4, -0.2) is 22.0 Å². The lowest BCUT2D eigenvalue weighted by Gasteiger charge is -2.42. The van der Waals surface area contributed by atoms with Gasteiger partial charge in [0.25, 0.3) is 5.91 Å². The van der Waals surface area contributed by atoms with Crippen LogP contribution in [-0.2, 0) is 11.3 Å². The number of carbonyl (C=O) groups is 1. The maximum absolute atomic E-state index is 13.1. The summed E-state index contributed by atoms with van der Waals surface area (Å²) in [4.78, 5) is 14.5. The Morgan fingerprint density at radius 2 is 1.91 bits per heavy atom. The summed E-state index contributed by atoms with van der Waals surface area (Å²) in [6, 6.07) is 6.29.